The smallest absolute Gasteiger partial charge is 0.308 e. The fraction of sp³-hybridized carbons (Fsp3) is 0.118. The molecule has 7 heteroatoms. The van der Waals surface area contributed by atoms with E-state index in [0.29, 0.717) is 32.5 Å². The Balaban J connectivity index is 2.18. The Kier molecular flexibility index (Phi) is 4.35. The quantitative estimate of drug-likeness (QED) is 0.549. The number of carbonyl (C=O) groups excluding carboxylic acids is 1. The monoisotopic (exact) mass is 388 g/mol. The molecule has 1 aromatic heterocycles. The van der Waals surface area contributed by atoms with Crippen molar-refractivity contribution in [2.24, 2.45) is 0 Å². The maximum atomic E-state index is 12.2. The molecule has 0 radical (unpaired) electrons. The van der Waals surface area contributed by atoms with E-state index in [1.54, 1.807) is 30.3 Å². The molecule has 3 rings (SSSR count). The fourth-order valence-corrected chi connectivity index (χ4v) is 2.85. The summed E-state index contributed by atoms with van der Waals surface area (Å²) < 4.78 is 10.9. The van der Waals surface area contributed by atoms with E-state index in [9.17, 15) is 9.59 Å². The maximum Gasteiger partial charge on any atom is 0.308 e. The summed E-state index contributed by atoms with van der Waals surface area (Å²) in [7, 11) is 1.47. The topological polar surface area (TPSA) is 81.3 Å². The first-order chi connectivity index (χ1) is 11.5. The summed E-state index contributed by atoms with van der Waals surface area (Å²) in [6.07, 6.45) is 0. The van der Waals surface area contributed by atoms with Crippen molar-refractivity contribution in [1.29, 1.82) is 0 Å². The number of carbonyl (C=O) groups is 1. The zero-order chi connectivity index (χ0) is 17.3. The van der Waals surface area contributed by atoms with Gasteiger partial charge in [0, 0.05) is 12.5 Å². The number of benzene rings is 2. The lowest BCUT2D eigenvalue weighted by Gasteiger charge is -2.12. The van der Waals surface area contributed by atoms with Crippen LogP contribution in [-0.4, -0.2) is 23.0 Å². The zero-order valence-corrected chi connectivity index (χ0v) is 14.5. The van der Waals surface area contributed by atoms with E-state index in [-0.39, 0.29) is 11.3 Å². The van der Waals surface area contributed by atoms with E-state index >= 15 is 0 Å². The number of hydrogen-bond donors (Lipinski definition) is 1. The number of ether oxygens (including phenoxy) is 2. The Hall–Kier alpha value is -2.67. The summed E-state index contributed by atoms with van der Waals surface area (Å²) in [5.74, 6) is 0.563. The molecule has 0 spiro atoms. The van der Waals surface area contributed by atoms with Crippen molar-refractivity contribution in [3.05, 3.63) is 51.2 Å². The molecule has 122 valence electrons. The van der Waals surface area contributed by atoms with Crippen molar-refractivity contribution in [2.75, 3.05) is 7.11 Å². The largest absolute Gasteiger partial charge is 0.493 e. The summed E-state index contributed by atoms with van der Waals surface area (Å²) in [4.78, 5) is 30.7. The van der Waals surface area contributed by atoms with Gasteiger partial charge >= 0.3 is 5.97 Å². The SMILES string of the molecule is COc1cc(-c2nc3ccccc3c(=O)[nH]2)cc(Br)c1OC(C)=O. The van der Waals surface area contributed by atoms with Crippen LogP contribution in [0.1, 0.15) is 6.92 Å². The predicted octanol–water partition coefficient (Wildman–Crippen LogP) is 3.29. The second kappa shape index (κ2) is 6.45. The number of nitrogens with one attached hydrogen (secondary N) is 1. The van der Waals surface area contributed by atoms with Gasteiger partial charge in [0.1, 0.15) is 5.82 Å². The van der Waals surface area contributed by atoms with Crippen molar-refractivity contribution in [3.63, 3.8) is 0 Å². The Bertz CT molecular complexity index is 998. The molecule has 3 aromatic rings. The molecule has 24 heavy (non-hydrogen) atoms. The van der Waals surface area contributed by atoms with Crippen molar-refractivity contribution in [1.82, 2.24) is 9.97 Å². The van der Waals surface area contributed by atoms with Gasteiger partial charge in [-0.15, -0.1) is 0 Å². The third-order valence-corrected chi connectivity index (χ3v) is 3.95. The van der Waals surface area contributed by atoms with Gasteiger partial charge in [0.2, 0.25) is 0 Å². The van der Waals surface area contributed by atoms with Crippen molar-refractivity contribution in [3.8, 4) is 22.9 Å². The molecular weight excluding hydrogens is 376 g/mol. The molecule has 0 unspecified atom stereocenters. The summed E-state index contributed by atoms with van der Waals surface area (Å²) in [5, 5.41) is 0.517. The van der Waals surface area contributed by atoms with Gasteiger partial charge in [0.25, 0.3) is 5.56 Å². The number of aromatic nitrogens is 2. The summed E-state index contributed by atoms with van der Waals surface area (Å²) in [6, 6.07) is 10.4. The lowest BCUT2D eigenvalue weighted by atomic mass is 10.1. The van der Waals surface area contributed by atoms with E-state index in [2.05, 4.69) is 25.9 Å². The summed E-state index contributed by atoms with van der Waals surface area (Å²) in [6.45, 7) is 1.31. The minimum atomic E-state index is -0.459. The van der Waals surface area contributed by atoms with Gasteiger partial charge in [0.05, 0.1) is 22.5 Å². The predicted molar refractivity (Wildman–Crippen MR) is 93.4 cm³/mol. The molecule has 0 aliphatic carbocycles. The molecule has 0 saturated carbocycles. The summed E-state index contributed by atoms with van der Waals surface area (Å²) in [5.41, 5.74) is 0.989. The second-order valence-corrected chi connectivity index (χ2v) is 5.87. The van der Waals surface area contributed by atoms with Gasteiger partial charge in [-0.05, 0) is 40.2 Å². The number of H-pyrrole nitrogens is 1. The lowest BCUT2D eigenvalue weighted by molar-refractivity contribution is -0.132. The number of aromatic amines is 1. The minimum Gasteiger partial charge on any atom is -0.493 e. The Morgan fingerprint density at radius 3 is 2.71 bits per heavy atom. The van der Waals surface area contributed by atoms with Crippen molar-refractivity contribution >= 4 is 32.8 Å². The lowest BCUT2D eigenvalue weighted by Crippen LogP contribution is -2.09. The molecule has 0 saturated heterocycles. The number of esters is 1. The van der Waals surface area contributed by atoms with Gasteiger partial charge in [-0.2, -0.15) is 0 Å². The number of halogens is 1. The number of para-hydroxylation sites is 1. The van der Waals surface area contributed by atoms with Crippen LogP contribution in [0.15, 0.2) is 45.7 Å². The Morgan fingerprint density at radius 2 is 2.00 bits per heavy atom. The molecule has 0 fully saturated rings. The molecule has 0 atom stereocenters. The van der Waals surface area contributed by atoms with Gasteiger partial charge in [0.15, 0.2) is 11.5 Å². The number of hydrogen-bond acceptors (Lipinski definition) is 5. The molecule has 0 bridgehead atoms. The molecule has 2 aromatic carbocycles. The van der Waals surface area contributed by atoms with Crippen LogP contribution in [0, 0.1) is 0 Å². The molecule has 1 N–H and O–H groups in total. The molecule has 0 aliphatic rings. The van der Waals surface area contributed by atoms with E-state index < -0.39 is 5.97 Å². The number of nitrogens with zero attached hydrogens (tertiary/aromatic N) is 1. The van der Waals surface area contributed by atoms with Gasteiger partial charge in [-0.25, -0.2) is 4.98 Å². The van der Waals surface area contributed by atoms with Crippen LogP contribution >= 0.6 is 15.9 Å². The zero-order valence-electron chi connectivity index (χ0n) is 12.9. The summed E-state index contributed by atoms with van der Waals surface area (Å²) >= 11 is 3.36. The Morgan fingerprint density at radius 1 is 1.25 bits per heavy atom. The average Bonchev–Trinajstić information content (AvgIpc) is 2.56. The average molecular weight is 389 g/mol. The van der Waals surface area contributed by atoms with Crippen LogP contribution in [-0.2, 0) is 4.79 Å². The van der Waals surface area contributed by atoms with Gasteiger partial charge in [-0.3, -0.25) is 9.59 Å². The first-order valence-electron chi connectivity index (χ1n) is 7.05. The van der Waals surface area contributed by atoms with Gasteiger partial charge < -0.3 is 14.5 Å². The van der Waals surface area contributed by atoms with Crippen LogP contribution in [0.25, 0.3) is 22.3 Å². The fourth-order valence-electron chi connectivity index (χ4n) is 2.32. The highest BCUT2D eigenvalue weighted by Crippen LogP contribution is 2.39. The second-order valence-electron chi connectivity index (χ2n) is 5.01. The normalized spacial score (nSPS) is 10.6. The standard InChI is InChI=1S/C17H13BrN2O4/c1-9(21)24-15-12(18)7-10(8-14(15)23-2)16-19-13-6-4-3-5-11(13)17(22)20-16/h3-8H,1-2H3,(H,19,20,22). The number of methoxy groups -OCH3 is 1. The maximum absolute atomic E-state index is 12.2. The van der Waals surface area contributed by atoms with Gasteiger partial charge in [-0.1, -0.05) is 12.1 Å². The van der Waals surface area contributed by atoms with Crippen molar-refractivity contribution in [2.45, 2.75) is 6.92 Å². The van der Waals surface area contributed by atoms with Crippen LogP contribution in [0.2, 0.25) is 0 Å². The van der Waals surface area contributed by atoms with E-state index in [0.717, 1.165) is 0 Å². The minimum absolute atomic E-state index is 0.227. The highest BCUT2D eigenvalue weighted by molar-refractivity contribution is 9.10. The highest BCUT2D eigenvalue weighted by atomic mass is 79.9. The highest BCUT2D eigenvalue weighted by Gasteiger charge is 2.16. The third-order valence-electron chi connectivity index (χ3n) is 3.36. The Labute approximate surface area is 145 Å². The molecule has 6 nitrogen and oxygen atoms in total. The molecule has 0 aliphatic heterocycles. The van der Waals surface area contributed by atoms with E-state index in [1.807, 2.05) is 6.07 Å². The molecule has 0 amide bonds. The van der Waals surface area contributed by atoms with Crippen molar-refractivity contribution < 1.29 is 14.3 Å². The first-order valence-corrected chi connectivity index (χ1v) is 7.84. The van der Waals surface area contributed by atoms with Crippen LogP contribution in [0.3, 0.4) is 0 Å². The number of fused-ring (bicyclic) bond motifs is 1. The molecule has 1 heterocycles. The third kappa shape index (κ3) is 3.03. The molecular formula is C17H13BrN2O4. The van der Waals surface area contributed by atoms with Crippen LogP contribution < -0.4 is 15.0 Å². The number of rotatable bonds is 3. The van der Waals surface area contributed by atoms with Crippen LogP contribution in [0.4, 0.5) is 0 Å². The van der Waals surface area contributed by atoms with E-state index in [1.165, 1.54) is 14.0 Å². The first kappa shape index (κ1) is 16.2. The van der Waals surface area contributed by atoms with E-state index in [4.69, 9.17) is 9.47 Å². The van der Waals surface area contributed by atoms with Crippen LogP contribution in [0.5, 0.6) is 11.5 Å².